The molecule has 0 fully saturated rings. The van der Waals surface area contributed by atoms with Crippen molar-refractivity contribution in [2.45, 2.75) is 32.8 Å². The maximum Gasteiger partial charge on any atom is 0.407 e. The largest absolute Gasteiger partial charge is 0.444 e. The van der Waals surface area contributed by atoms with E-state index in [0.717, 1.165) is 0 Å². The summed E-state index contributed by atoms with van der Waals surface area (Å²) in [6.07, 6.45) is 3.25. The molecule has 0 heterocycles. The second-order valence-electron chi connectivity index (χ2n) is 5.97. The van der Waals surface area contributed by atoms with Crippen molar-refractivity contribution in [3.8, 4) is 0 Å². The Kier molecular flexibility index (Phi) is 13.7. The Bertz CT molecular complexity index is 394. The van der Waals surface area contributed by atoms with Crippen LogP contribution in [0.5, 0.6) is 0 Å². The molecule has 0 bridgehead atoms. The van der Waals surface area contributed by atoms with Gasteiger partial charge in [-0.2, -0.15) is 0 Å². The average Bonchev–Trinajstić information content (AvgIpc) is 2.51. The number of hydrogen-bond donors (Lipinski definition) is 3. The Hall–Kier alpha value is -1.68. The SMILES string of the molecule is CC(C)(C)OC(=O)NC/C=C/CNC(=O)CCOCCOCCOO. The summed E-state index contributed by atoms with van der Waals surface area (Å²) in [5.41, 5.74) is -0.524. The lowest BCUT2D eigenvalue weighted by atomic mass is 10.2. The maximum atomic E-state index is 11.5. The van der Waals surface area contributed by atoms with Gasteiger partial charge in [0.25, 0.3) is 0 Å². The number of carbonyl (C=O) groups excluding carboxylic acids is 2. The molecule has 0 atom stereocenters. The molecule has 0 aliphatic heterocycles. The fourth-order valence-corrected chi connectivity index (χ4v) is 1.47. The van der Waals surface area contributed by atoms with E-state index in [2.05, 4.69) is 15.5 Å². The molecule has 0 radical (unpaired) electrons. The van der Waals surface area contributed by atoms with Crippen LogP contribution in [0.1, 0.15) is 27.2 Å². The Labute approximate surface area is 148 Å². The molecule has 9 nitrogen and oxygen atoms in total. The van der Waals surface area contributed by atoms with E-state index in [4.69, 9.17) is 19.5 Å². The van der Waals surface area contributed by atoms with Crippen LogP contribution < -0.4 is 10.6 Å². The third-order valence-electron chi connectivity index (χ3n) is 2.51. The van der Waals surface area contributed by atoms with Crippen LogP contribution in [0.2, 0.25) is 0 Å². The van der Waals surface area contributed by atoms with E-state index in [1.807, 2.05) is 0 Å². The first-order chi connectivity index (χ1) is 11.8. The van der Waals surface area contributed by atoms with Crippen LogP contribution in [-0.4, -0.2) is 69.0 Å². The summed E-state index contributed by atoms with van der Waals surface area (Å²) in [5.74, 6) is -0.126. The zero-order chi connectivity index (χ0) is 19.0. The molecule has 25 heavy (non-hydrogen) atoms. The topological polar surface area (TPSA) is 115 Å². The third-order valence-corrected chi connectivity index (χ3v) is 2.51. The normalized spacial score (nSPS) is 11.5. The molecule has 0 aromatic rings. The van der Waals surface area contributed by atoms with E-state index in [1.165, 1.54) is 0 Å². The van der Waals surface area contributed by atoms with Gasteiger partial charge in [0.1, 0.15) is 12.2 Å². The summed E-state index contributed by atoms with van der Waals surface area (Å²) < 4.78 is 15.4. The minimum atomic E-state index is -0.524. The first-order valence-electron chi connectivity index (χ1n) is 8.15. The van der Waals surface area contributed by atoms with Crippen LogP contribution >= 0.6 is 0 Å². The van der Waals surface area contributed by atoms with Crippen LogP contribution in [0.15, 0.2) is 12.2 Å². The zero-order valence-electron chi connectivity index (χ0n) is 15.2. The summed E-state index contributed by atoms with van der Waals surface area (Å²) in [7, 11) is 0. The third kappa shape index (κ3) is 18.5. The van der Waals surface area contributed by atoms with Gasteiger partial charge >= 0.3 is 6.09 Å². The van der Waals surface area contributed by atoms with Gasteiger partial charge in [0.2, 0.25) is 5.91 Å². The van der Waals surface area contributed by atoms with E-state index in [1.54, 1.807) is 32.9 Å². The smallest absolute Gasteiger partial charge is 0.407 e. The average molecular weight is 362 g/mol. The van der Waals surface area contributed by atoms with Crippen LogP contribution in [0, 0.1) is 0 Å². The summed E-state index contributed by atoms with van der Waals surface area (Å²) in [6, 6.07) is 0. The molecule has 3 N–H and O–H groups in total. The molecule has 9 heteroatoms. The molecule has 0 spiro atoms. The lowest BCUT2D eigenvalue weighted by Gasteiger charge is -2.19. The van der Waals surface area contributed by atoms with Crippen molar-refractivity contribution in [3.05, 3.63) is 12.2 Å². The van der Waals surface area contributed by atoms with Gasteiger partial charge in [-0.15, -0.1) is 0 Å². The Balaban J connectivity index is 3.47. The van der Waals surface area contributed by atoms with Crippen molar-refractivity contribution < 1.29 is 33.9 Å². The van der Waals surface area contributed by atoms with Crippen molar-refractivity contribution in [1.82, 2.24) is 10.6 Å². The molecule has 0 aromatic carbocycles. The molecular weight excluding hydrogens is 332 g/mol. The van der Waals surface area contributed by atoms with Gasteiger partial charge in [0.15, 0.2) is 0 Å². The predicted molar refractivity (Wildman–Crippen MR) is 91.2 cm³/mol. The van der Waals surface area contributed by atoms with Crippen LogP contribution in [-0.2, 0) is 23.9 Å². The molecular formula is C16H30N2O7. The summed E-state index contributed by atoms with van der Waals surface area (Å²) in [5, 5.41) is 13.3. The number of amides is 2. The highest BCUT2D eigenvalue weighted by Gasteiger charge is 2.14. The van der Waals surface area contributed by atoms with E-state index < -0.39 is 11.7 Å². The first kappa shape index (κ1) is 23.3. The maximum absolute atomic E-state index is 11.5. The van der Waals surface area contributed by atoms with Crippen molar-refractivity contribution in [1.29, 1.82) is 0 Å². The number of hydrogen-bond acceptors (Lipinski definition) is 7. The minimum absolute atomic E-state index is 0.114. The van der Waals surface area contributed by atoms with Gasteiger partial charge < -0.3 is 24.8 Å². The van der Waals surface area contributed by atoms with Gasteiger partial charge in [-0.3, -0.25) is 10.1 Å². The molecule has 0 saturated heterocycles. The Morgan fingerprint density at radius 1 is 0.920 bits per heavy atom. The standard InChI is InChI=1S/C16H30N2O7/c1-16(2,3)25-15(20)18-8-5-4-7-17-14(19)6-9-22-10-11-23-12-13-24-21/h4-5,21H,6-13H2,1-3H3,(H,17,19)(H,18,20)/b5-4+. The van der Waals surface area contributed by atoms with Gasteiger partial charge in [-0.1, -0.05) is 12.2 Å². The van der Waals surface area contributed by atoms with Crippen molar-refractivity contribution in [3.63, 3.8) is 0 Å². The second-order valence-corrected chi connectivity index (χ2v) is 5.97. The Morgan fingerprint density at radius 2 is 1.48 bits per heavy atom. The molecule has 0 rings (SSSR count). The van der Waals surface area contributed by atoms with E-state index >= 15 is 0 Å². The lowest BCUT2D eigenvalue weighted by Crippen LogP contribution is -2.32. The quantitative estimate of drug-likeness (QED) is 0.194. The number of rotatable bonds is 13. The highest BCUT2D eigenvalue weighted by atomic mass is 17.1. The zero-order valence-corrected chi connectivity index (χ0v) is 15.2. The molecule has 0 aromatic heterocycles. The van der Waals surface area contributed by atoms with Gasteiger partial charge in [0, 0.05) is 19.5 Å². The fourth-order valence-electron chi connectivity index (χ4n) is 1.47. The van der Waals surface area contributed by atoms with Crippen LogP contribution in [0.25, 0.3) is 0 Å². The molecule has 0 aliphatic rings. The molecule has 0 aliphatic carbocycles. The molecule has 146 valence electrons. The van der Waals surface area contributed by atoms with Crippen molar-refractivity contribution >= 4 is 12.0 Å². The van der Waals surface area contributed by atoms with Crippen molar-refractivity contribution in [2.24, 2.45) is 0 Å². The molecule has 0 unspecified atom stereocenters. The van der Waals surface area contributed by atoms with E-state index in [0.29, 0.717) is 32.9 Å². The second kappa shape index (κ2) is 14.6. The fraction of sp³-hybridized carbons (Fsp3) is 0.750. The summed E-state index contributed by atoms with van der Waals surface area (Å²) in [4.78, 5) is 26.7. The van der Waals surface area contributed by atoms with Gasteiger partial charge in [0.05, 0.1) is 26.4 Å². The highest BCUT2D eigenvalue weighted by molar-refractivity contribution is 5.76. The van der Waals surface area contributed by atoms with E-state index in [-0.39, 0.29) is 25.5 Å². The molecule has 0 saturated carbocycles. The number of alkyl carbamates (subject to hydrolysis) is 1. The summed E-state index contributed by atoms with van der Waals surface area (Å²) in [6.45, 7) is 7.53. The van der Waals surface area contributed by atoms with Crippen LogP contribution in [0.3, 0.4) is 0 Å². The van der Waals surface area contributed by atoms with Gasteiger partial charge in [-0.05, 0) is 20.8 Å². The number of carbonyl (C=O) groups is 2. The van der Waals surface area contributed by atoms with E-state index in [9.17, 15) is 9.59 Å². The lowest BCUT2D eigenvalue weighted by molar-refractivity contribution is -0.249. The first-order valence-corrected chi connectivity index (χ1v) is 8.15. The van der Waals surface area contributed by atoms with Crippen LogP contribution in [0.4, 0.5) is 4.79 Å². The monoisotopic (exact) mass is 362 g/mol. The highest BCUT2D eigenvalue weighted by Crippen LogP contribution is 2.05. The number of ether oxygens (including phenoxy) is 3. The number of nitrogens with one attached hydrogen (secondary N) is 2. The summed E-state index contributed by atoms with van der Waals surface area (Å²) >= 11 is 0. The minimum Gasteiger partial charge on any atom is -0.444 e. The predicted octanol–water partition coefficient (Wildman–Crippen LogP) is 1.10. The molecule has 2 amide bonds. The van der Waals surface area contributed by atoms with Gasteiger partial charge in [-0.25, -0.2) is 9.68 Å². The Morgan fingerprint density at radius 3 is 2.08 bits per heavy atom. The van der Waals surface area contributed by atoms with Crippen molar-refractivity contribution in [2.75, 3.05) is 46.1 Å².